The summed E-state index contributed by atoms with van der Waals surface area (Å²) in [6.45, 7) is 4.24. The largest absolute Gasteiger partial charge is 0.443 e. The van der Waals surface area contributed by atoms with Gasteiger partial charge in [-0.1, -0.05) is 17.3 Å². The summed E-state index contributed by atoms with van der Waals surface area (Å²) in [5.41, 5.74) is 3.17. The molecule has 0 N–H and O–H groups in total. The summed E-state index contributed by atoms with van der Waals surface area (Å²) < 4.78 is 24.4. The average molecular weight is 420 g/mol. The summed E-state index contributed by atoms with van der Waals surface area (Å²) in [6, 6.07) is 7.84. The maximum Gasteiger partial charge on any atom is 0.258 e. The number of pyridine rings is 1. The van der Waals surface area contributed by atoms with Crippen molar-refractivity contribution >= 4 is 17.0 Å². The minimum atomic E-state index is -0.273. The number of aryl methyl sites for hydroxylation is 2. The van der Waals surface area contributed by atoms with Gasteiger partial charge in [-0.25, -0.2) is 14.4 Å². The average Bonchev–Trinajstić information content (AvgIpc) is 3.49. The van der Waals surface area contributed by atoms with E-state index in [-0.39, 0.29) is 17.8 Å². The summed E-state index contributed by atoms with van der Waals surface area (Å²) in [5, 5.41) is 4.61. The lowest BCUT2D eigenvalue weighted by atomic mass is 10.1. The van der Waals surface area contributed by atoms with Gasteiger partial charge in [0.2, 0.25) is 5.89 Å². The molecule has 0 radical (unpaired) electrons. The smallest absolute Gasteiger partial charge is 0.258 e. The molecule has 0 bridgehead atoms. The molecule has 1 unspecified atom stereocenters. The van der Waals surface area contributed by atoms with Gasteiger partial charge in [-0.15, -0.1) is 0 Å². The first-order valence-corrected chi connectivity index (χ1v) is 10.2. The Morgan fingerprint density at radius 1 is 1.26 bits per heavy atom. The normalized spacial score (nSPS) is 16.4. The van der Waals surface area contributed by atoms with Gasteiger partial charge in [0.1, 0.15) is 17.6 Å². The van der Waals surface area contributed by atoms with E-state index in [0.29, 0.717) is 52.7 Å². The number of amides is 1. The number of carbonyl (C=O) groups excluding carboxylic acids is 1. The lowest BCUT2D eigenvalue weighted by Gasteiger charge is -2.22. The third-order valence-corrected chi connectivity index (χ3v) is 5.64. The minimum Gasteiger partial charge on any atom is -0.443 e. The summed E-state index contributed by atoms with van der Waals surface area (Å²) in [4.78, 5) is 24.1. The topological polar surface area (TPSA) is 85.3 Å². The summed E-state index contributed by atoms with van der Waals surface area (Å²) in [6.07, 6.45) is 3.83. The fraction of sp³-hybridized carbons (Fsp3) is 0.304. The number of benzene rings is 1. The van der Waals surface area contributed by atoms with Gasteiger partial charge in [0.15, 0.2) is 0 Å². The summed E-state index contributed by atoms with van der Waals surface area (Å²) >= 11 is 0. The van der Waals surface area contributed by atoms with Crippen molar-refractivity contribution in [2.75, 3.05) is 6.54 Å². The number of oxazole rings is 1. The van der Waals surface area contributed by atoms with Crippen LogP contribution in [0.25, 0.3) is 11.1 Å². The van der Waals surface area contributed by atoms with E-state index in [1.807, 2.05) is 6.92 Å². The van der Waals surface area contributed by atoms with E-state index in [2.05, 4.69) is 15.1 Å². The number of aromatic nitrogens is 3. The van der Waals surface area contributed by atoms with Crippen molar-refractivity contribution in [3.05, 3.63) is 76.5 Å². The van der Waals surface area contributed by atoms with Crippen molar-refractivity contribution in [3.63, 3.8) is 0 Å². The lowest BCUT2D eigenvalue weighted by molar-refractivity contribution is 0.0716. The molecule has 1 aliphatic heterocycles. The van der Waals surface area contributed by atoms with Crippen molar-refractivity contribution in [1.29, 1.82) is 0 Å². The van der Waals surface area contributed by atoms with Crippen molar-refractivity contribution in [3.8, 4) is 0 Å². The molecule has 1 aromatic carbocycles. The lowest BCUT2D eigenvalue weighted by Crippen LogP contribution is -2.31. The predicted octanol–water partition coefficient (Wildman–Crippen LogP) is 4.53. The molecule has 4 aromatic rings. The number of carbonyl (C=O) groups is 1. The molecule has 1 fully saturated rings. The molecule has 3 aromatic heterocycles. The minimum absolute atomic E-state index is 0.109. The van der Waals surface area contributed by atoms with Gasteiger partial charge < -0.3 is 13.8 Å². The number of rotatable bonds is 4. The van der Waals surface area contributed by atoms with E-state index in [9.17, 15) is 9.18 Å². The Hall–Kier alpha value is -3.55. The first-order chi connectivity index (χ1) is 15.0. The zero-order chi connectivity index (χ0) is 21.5. The van der Waals surface area contributed by atoms with Crippen LogP contribution in [0.4, 0.5) is 4.39 Å². The van der Waals surface area contributed by atoms with E-state index in [4.69, 9.17) is 8.94 Å². The second kappa shape index (κ2) is 7.61. The molecule has 0 aliphatic carbocycles. The Morgan fingerprint density at radius 2 is 2.06 bits per heavy atom. The van der Waals surface area contributed by atoms with Crippen molar-refractivity contribution in [2.24, 2.45) is 0 Å². The van der Waals surface area contributed by atoms with Crippen LogP contribution in [0.1, 0.15) is 57.8 Å². The molecule has 1 aliphatic rings. The van der Waals surface area contributed by atoms with Gasteiger partial charge in [0, 0.05) is 18.7 Å². The maximum absolute atomic E-state index is 13.5. The Balaban J connectivity index is 1.42. The highest BCUT2D eigenvalue weighted by Crippen LogP contribution is 2.34. The summed E-state index contributed by atoms with van der Waals surface area (Å²) in [5.74, 6) is 0.818. The third-order valence-electron chi connectivity index (χ3n) is 5.64. The number of halogens is 1. The molecule has 4 heterocycles. The number of nitrogens with zero attached hydrogens (tertiary/aromatic N) is 4. The van der Waals surface area contributed by atoms with E-state index in [0.717, 1.165) is 18.4 Å². The van der Waals surface area contributed by atoms with Gasteiger partial charge in [-0.2, -0.15) is 0 Å². The number of likely N-dealkylation sites (tertiary alicyclic amines) is 1. The highest BCUT2D eigenvalue weighted by molar-refractivity contribution is 6.06. The Labute approximate surface area is 177 Å². The van der Waals surface area contributed by atoms with E-state index >= 15 is 0 Å². The highest BCUT2D eigenvalue weighted by atomic mass is 19.1. The van der Waals surface area contributed by atoms with Gasteiger partial charge in [-0.3, -0.25) is 4.79 Å². The molecule has 7 nitrogen and oxygen atoms in total. The van der Waals surface area contributed by atoms with E-state index in [1.165, 1.54) is 12.1 Å². The molecule has 1 saturated heterocycles. The van der Waals surface area contributed by atoms with E-state index < -0.39 is 0 Å². The first-order valence-electron chi connectivity index (χ1n) is 10.2. The number of hydrogen-bond acceptors (Lipinski definition) is 6. The summed E-state index contributed by atoms with van der Waals surface area (Å²) in [7, 11) is 0. The third kappa shape index (κ3) is 3.58. The quantitative estimate of drug-likeness (QED) is 0.482. The van der Waals surface area contributed by atoms with Crippen LogP contribution >= 0.6 is 0 Å². The Kier molecular flexibility index (Phi) is 4.77. The highest BCUT2D eigenvalue weighted by Gasteiger charge is 2.35. The number of fused-ring (bicyclic) bond motifs is 1. The SMILES string of the molecule is Cc1cc(C(=O)N2CCCC2c2ncc(Cc3ccc(F)cc3)o2)c2c(C)noc2n1. The van der Waals surface area contributed by atoms with Gasteiger partial charge >= 0.3 is 0 Å². The van der Waals surface area contributed by atoms with Gasteiger partial charge in [-0.05, 0) is 50.5 Å². The molecule has 5 rings (SSSR count). The van der Waals surface area contributed by atoms with Gasteiger partial charge in [0.05, 0.1) is 22.8 Å². The Bertz CT molecular complexity index is 1260. The molecule has 1 amide bonds. The molecule has 31 heavy (non-hydrogen) atoms. The predicted molar refractivity (Wildman–Crippen MR) is 110 cm³/mol. The first kappa shape index (κ1) is 19.4. The standard InChI is InChI=1S/C23H21FN4O3/c1-13-10-18(20-14(2)27-31-22(20)26-13)23(29)28-9-3-4-19(28)21-25-12-17(30-21)11-15-5-7-16(24)8-6-15/h5-8,10,12,19H,3-4,9,11H2,1-2H3. The molecule has 8 heteroatoms. The van der Waals surface area contributed by atoms with Gasteiger partial charge in [0.25, 0.3) is 11.6 Å². The zero-order valence-corrected chi connectivity index (χ0v) is 17.3. The molecular weight excluding hydrogens is 399 g/mol. The molecular formula is C23H21FN4O3. The van der Waals surface area contributed by atoms with E-state index in [1.54, 1.807) is 36.2 Å². The fourth-order valence-corrected chi connectivity index (χ4v) is 4.17. The number of hydrogen-bond donors (Lipinski definition) is 0. The van der Waals surface area contributed by atoms with Crippen molar-refractivity contribution in [1.82, 2.24) is 20.0 Å². The molecule has 1 atom stereocenters. The molecule has 0 spiro atoms. The molecule has 158 valence electrons. The molecule has 0 saturated carbocycles. The van der Waals surface area contributed by atoms with Crippen LogP contribution in [0.5, 0.6) is 0 Å². The van der Waals surface area contributed by atoms with Crippen LogP contribution < -0.4 is 0 Å². The second-order valence-corrected chi connectivity index (χ2v) is 7.88. The maximum atomic E-state index is 13.5. The van der Waals surface area contributed by atoms with Crippen LogP contribution in [-0.2, 0) is 6.42 Å². The van der Waals surface area contributed by atoms with Crippen molar-refractivity contribution < 1.29 is 18.1 Å². The Morgan fingerprint density at radius 3 is 2.87 bits per heavy atom. The zero-order valence-electron chi connectivity index (χ0n) is 17.3. The monoisotopic (exact) mass is 420 g/mol. The van der Waals surface area contributed by atoms with Crippen LogP contribution in [0, 0.1) is 19.7 Å². The van der Waals surface area contributed by atoms with Crippen LogP contribution in [-0.4, -0.2) is 32.5 Å². The fourth-order valence-electron chi connectivity index (χ4n) is 4.17. The van der Waals surface area contributed by atoms with Crippen LogP contribution in [0.2, 0.25) is 0 Å². The van der Waals surface area contributed by atoms with Crippen molar-refractivity contribution in [2.45, 2.75) is 39.2 Å². The van der Waals surface area contributed by atoms with Crippen LogP contribution in [0.3, 0.4) is 0 Å². The van der Waals surface area contributed by atoms with Crippen LogP contribution in [0.15, 0.2) is 45.5 Å². The second-order valence-electron chi connectivity index (χ2n) is 7.88.